The fraction of sp³-hybridized carbons (Fsp3) is 0.417. The highest BCUT2D eigenvalue weighted by Gasteiger charge is 2.25. The molecule has 2 aliphatic rings. The van der Waals surface area contributed by atoms with Gasteiger partial charge in [-0.3, -0.25) is 4.79 Å². The number of hydrogen-bond donors (Lipinski definition) is 2. The SMILES string of the molecule is NC(=O)c1cccc2[nH]c(-c3ccc(N4CCC(N5CCCCC5)CC4)cc3)nc12. The van der Waals surface area contributed by atoms with Gasteiger partial charge in [-0.2, -0.15) is 0 Å². The van der Waals surface area contributed by atoms with E-state index in [1.807, 2.05) is 12.1 Å². The number of benzene rings is 2. The minimum Gasteiger partial charge on any atom is -0.371 e. The van der Waals surface area contributed by atoms with Crippen molar-refractivity contribution in [1.29, 1.82) is 0 Å². The lowest BCUT2D eigenvalue weighted by Crippen LogP contribution is -2.46. The summed E-state index contributed by atoms with van der Waals surface area (Å²) in [6.07, 6.45) is 6.63. The molecule has 3 N–H and O–H groups in total. The van der Waals surface area contributed by atoms with Gasteiger partial charge in [0.2, 0.25) is 0 Å². The number of amides is 1. The lowest BCUT2D eigenvalue weighted by atomic mass is 9.99. The van der Waals surface area contributed by atoms with Gasteiger partial charge in [0.1, 0.15) is 11.3 Å². The monoisotopic (exact) mass is 403 g/mol. The number of carbonyl (C=O) groups is 1. The number of H-pyrrole nitrogens is 1. The second-order valence-corrected chi connectivity index (χ2v) is 8.51. The normalized spacial score (nSPS) is 18.7. The molecule has 1 aromatic heterocycles. The van der Waals surface area contributed by atoms with Crippen LogP contribution in [0.2, 0.25) is 0 Å². The van der Waals surface area contributed by atoms with Crippen LogP contribution in [0.3, 0.4) is 0 Å². The van der Waals surface area contributed by atoms with E-state index in [2.05, 4.69) is 44.0 Å². The first-order valence-electron chi connectivity index (χ1n) is 11.1. The lowest BCUT2D eigenvalue weighted by Gasteiger charge is -2.41. The molecule has 0 unspecified atom stereocenters. The summed E-state index contributed by atoms with van der Waals surface area (Å²) >= 11 is 0. The molecule has 156 valence electrons. The van der Waals surface area contributed by atoms with E-state index < -0.39 is 5.91 Å². The molecule has 1 amide bonds. The molecule has 30 heavy (non-hydrogen) atoms. The van der Waals surface area contributed by atoms with Gasteiger partial charge in [-0.05, 0) is 75.2 Å². The Morgan fingerprint density at radius 3 is 2.40 bits per heavy atom. The van der Waals surface area contributed by atoms with Crippen LogP contribution in [0.4, 0.5) is 5.69 Å². The van der Waals surface area contributed by atoms with E-state index in [1.165, 1.54) is 50.9 Å². The predicted octanol–water partition coefficient (Wildman–Crippen LogP) is 3.78. The fourth-order valence-corrected chi connectivity index (χ4v) is 4.97. The van der Waals surface area contributed by atoms with E-state index in [9.17, 15) is 4.79 Å². The van der Waals surface area contributed by atoms with Gasteiger partial charge >= 0.3 is 0 Å². The molecule has 3 heterocycles. The first-order chi connectivity index (χ1) is 14.7. The number of piperidine rings is 2. The van der Waals surface area contributed by atoms with Crippen LogP contribution in [0, 0.1) is 0 Å². The summed E-state index contributed by atoms with van der Waals surface area (Å²) in [5.41, 5.74) is 9.66. The lowest BCUT2D eigenvalue weighted by molar-refractivity contribution is 0.100. The molecule has 0 atom stereocenters. The Balaban J connectivity index is 1.29. The molecule has 3 aromatic rings. The van der Waals surface area contributed by atoms with Crippen molar-refractivity contribution in [3.63, 3.8) is 0 Å². The number of imidazole rings is 1. The second kappa shape index (κ2) is 8.11. The van der Waals surface area contributed by atoms with Gasteiger partial charge in [-0.15, -0.1) is 0 Å². The Labute approximate surface area is 177 Å². The summed E-state index contributed by atoms with van der Waals surface area (Å²) < 4.78 is 0. The number of likely N-dealkylation sites (tertiary alicyclic amines) is 1. The van der Waals surface area contributed by atoms with Gasteiger partial charge in [0.05, 0.1) is 11.1 Å². The molecule has 0 aliphatic carbocycles. The summed E-state index contributed by atoms with van der Waals surface area (Å²) in [7, 11) is 0. The van der Waals surface area contributed by atoms with E-state index in [-0.39, 0.29) is 0 Å². The predicted molar refractivity (Wildman–Crippen MR) is 121 cm³/mol. The Morgan fingerprint density at radius 1 is 0.967 bits per heavy atom. The summed E-state index contributed by atoms with van der Waals surface area (Å²) in [4.78, 5) is 24.8. The quantitative estimate of drug-likeness (QED) is 0.695. The molecule has 2 aromatic carbocycles. The van der Waals surface area contributed by atoms with Crippen LogP contribution in [0.25, 0.3) is 22.4 Å². The Bertz CT molecular complexity index is 1030. The largest absolute Gasteiger partial charge is 0.371 e. The van der Waals surface area contributed by atoms with Crippen LogP contribution in [-0.2, 0) is 0 Å². The van der Waals surface area contributed by atoms with Crippen LogP contribution in [0.15, 0.2) is 42.5 Å². The van der Waals surface area contributed by atoms with E-state index in [1.54, 1.807) is 6.07 Å². The third-order valence-corrected chi connectivity index (χ3v) is 6.66. The maximum atomic E-state index is 11.7. The van der Waals surface area contributed by atoms with Crippen LogP contribution >= 0.6 is 0 Å². The number of carbonyl (C=O) groups excluding carboxylic acids is 1. The Morgan fingerprint density at radius 2 is 1.70 bits per heavy atom. The van der Waals surface area contributed by atoms with Crippen molar-refractivity contribution in [2.24, 2.45) is 5.73 Å². The molecule has 0 radical (unpaired) electrons. The number of hydrogen-bond acceptors (Lipinski definition) is 4. The third-order valence-electron chi connectivity index (χ3n) is 6.66. The van der Waals surface area contributed by atoms with Gasteiger partial charge in [0.25, 0.3) is 5.91 Å². The van der Waals surface area contributed by atoms with Gasteiger partial charge in [-0.25, -0.2) is 4.98 Å². The second-order valence-electron chi connectivity index (χ2n) is 8.51. The molecule has 6 heteroatoms. The number of nitrogens with two attached hydrogens (primary N) is 1. The highest BCUT2D eigenvalue weighted by atomic mass is 16.1. The minimum absolute atomic E-state index is 0.447. The number of fused-ring (bicyclic) bond motifs is 1. The number of aromatic amines is 1. The highest BCUT2D eigenvalue weighted by Crippen LogP contribution is 2.28. The van der Waals surface area contributed by atoms with Gasteiger partial charge < -0.3 is 20.5 Å². The van der Waals surface area contributed by atoms with Crippen LogP contribution in [-0.4, -0.2) is 53.0 Å². The van der Waals surface area contributed by atoms with Crippen LogP contribution in [0.1, 0.15) is 42.5 Å². The molecular weight excluding hydrogens is 374 g/mol. The Kier molecular flexibility index (Phi) is 5.17. The molecular formula is C24H29N5O. The first-order valence-corrected chi connectivity index (χ1v) is 11.1. The van der Waals surface area contributed by atoms with Crippen molar-refractivity contribution < 1.29 is 4.79 Å². The molecule has 2 aliphatic heterocycles. The number of nitrogens with zero attached hydrogens (tertiary/aromatic N) is 3. The maximum absolute atomic E-state index is 11.7. The van der Waals surface area contributed by atoms with Crippen molar-refractivity contribution in [3.05, 3.63) is 48.0 Å². The highest BCUT2D eigenvalue weighted by molar-refractivity contribution is 6.04. The van der Waals surface area contributed by atoms with E-state index in [0.717, 1.165) is 36.0 Å². The molecule has 6 nitrogen and oxygen atoms in total. The zero-order valence-corrected chi connectivity index (χ0v) is 17.3. The number of anilines is 1. The van der Waals surface area contributed by atoms with Crippen LogP contribution < -0.4 is 10.6 Å². The van der Waals surface area contributed by atoms with Gasteiger partial charge in [0.15, 0.2) is 0 Å². The van der Waals surface area contributed by atoms with E-state index in [0.29, 0.717) is 11.1 Å². The average molecular weight is 404 g/mol. The molecule has 0 saturated carbocycles. The van der Waals surface area contributed by atoms with Crippen molar-refractivity contribution in [3.8, 4) is 11.4 Å². The zero-order chi connectivity index (χ0) is 20.5. The third kappa shape index (κ3) is 3.67. The maximum Gasteiger partial charge on any atom is 0.250 e. The number of rotatable bonds is 4. The summed E-state index contributed by atoms with van der Waals surface area (Å²) in [5, 5.41) is 0. The number of para-hydroxylation sites is 1. The number of nitrogens with one attached hydrogen (secondary N) is 1. The Hall–Kier alpha value is -2.86. The molecule has 0 spiro atoms. The molecule has 0 bridgehead atoms. The van der Waals surface area contributed by atoms with Crippen molar-refractivity contribution in [1.82, 2.24) is 14.9 Å². The average Bonchev–Trinajstić information content (AvgIpc) is 3.24. The summed E-state index contributed by atoms with van der Waals surface area (Å²) in [6.45, 7) is 4.81. The summed E-state index contributed by atoms with van der Waals surface area (Å²) in [6, 6.07) is 14.8. The first kappa shape index (κ1) is 19.1. The topological polar surface area (TPSA) is 78.2 Å². The van der Waals surface area contributed by atoms with Gasteiger partial charge in [-0.1, -0.05) is 12.5 Å². The van der Waals surface area contributed by atoms with Gasteiger partial charge in [0, 0.05) is 30.4 Å². The molecule has 2 fully saturated rings. The van der Waals surface area contributed by atoms with E-state index >= 15 is 0 Å². The molecule has 2 saturated heterocycles. The zero-order valence-electron chi connectivity index (χ0n) is 17.3. The fourth-order valence-electron chi connectivity index (χ4n) is 4.97. The standard InChI is InChI=1S/C24H29N5O/c25-23(30)20-5-4-6-21-22(20)27-24(26-21)17-7-9-18(10-8-17)29-15-11-19(12-16-29)28-13-2-1-3-14-28/h4-10,19H,1-3,11-16H2,(H2,25,30)(H,26,27). The smallest absolute Gasteiger partial charge is 0.250 e. The van der Waals surface area contributed by atoms with Crippen molar-refractivity contribution in [2.45, 2.75) is 38.1 Å². The number of aromatic nitrogens is 2. The van der Waals surface area contributed by atoms with Crippen LogP contribution in [0.5, 0.6) is 0 Å². The van der Waals surface area contributed by atoms with E-state index in [4.69, 9.17) is 5.73 Å². The summed E-state index contributed by atoms with van der Waals surface area (Å²) in [5.74, 6) is 0.302. The minimum atomic E-state index is -0.457. The number of primary amides is 1. The molecule has 5 rings (SSSR count). The van der Waals surface area contributed by atoms with Crippen molar-refractivity contribution >= 4 is 22.6 Å². The van der Waals surface area contributed by atoms with Crippen molar-refractivity contribution in [2.75, 3.05) is 31.1 Å².